The Morgan fingerprint density at radius 3 is 2.03 bits per heavy atom. The van der Waals surface area contributed by atoms with Crippen molar-refractivity contribution < 1.29 is 46.3 Å². The molecule has 2 N–H and O–H groups in total. The number of esters is 2. The van der Waals surface area contributed by atoms with Crippen LogP contribution in [0.2, 0.25) is 0 Å². The quantitative estimate of drug-likeness (QED) is 0.203. The molecule has 0 fully saturated rings. The van der Waals surface area contributed by atoms with E-state index in [4.69, 9.17) is 14.2 Å². The van der Waals surface area contributed by atoms with Crippen LogP contribution in [0.4, 0.5) is 23.8 Å². The van der Waals surface area contributed by atoms with Crippen LogP contribution in [0.1, 0.15) is 53.5 Å². The van der Waals surface area contributed by atoms with Gasteiger partial charge in [0.05, 0.1) is 14.2 Å². The van der Waals surface area contributed by atoms with Gasteiger partial charge in [0.1, 0.15) is 22.2 Å². The standard InChI is InChI=1S/C23H34F3N3O7S/c1-20(2,3)36-19(32)28-16-11-14(9-10-27-16)12-22(17(30)34-7,18(31)35-8)13-15(23(24,25)26)29-37(33)21(4,5)6/h9-11,15,29H,12-13H2,1-8H3,(H,27,28,32)/t15-,37?/m0/s1. The van der Waals surface area contributed by atoms with Crippen LogP contribution in [0.3, 0.4) is 0 Å². The third-order valence-electron chi connectivity index (χ3n) is 4.86. The minimum absolute atomic E-state index is 0.0327. The lowest BCUT2D eigenvalue weighted by Crippen LogP contribution is -2.56. The van der Waals surface area contributed by atoms with Crippen molar-refractivity contribution in [2.45, 2.75) is 77.0 Å². The number of amides is 1. The molecule has 0 spiro atoms. The van der Waals surface area contributed by atoms with Crippen molar-refractivity contribution >= 4 is 35.2 Å². The predicted octanol–water partition coefficient (Wildman–Crippen LogP) is 3.68. The van der Waals surface area contributed by atoms with E-state index < -0.39 is 70.2 Å². The molecule has 0 aliphatic carbocycles. The van der Waals surface area contributed by atoms with Crippen LogP contribution in [-0.4, -0.2) is 64.4 Å². The van der Waals surface area contributed by atoms with Crippen LogP contribution in [-0.2, 0) is 41.6 Å². The van der Waals surface area contributed by atoms with Gasteiger partial charge in [0.25, 0.3) is 0 Å². The minimum atomic E-state index is -4.99. The van der Waals surface area contributed by atoms with Gasteiger partial charge in [-0.2, -0.15) is 13.2 Å². The summed E-state index contributed by atoms with van der Waals surface area (Å²) in [5.74, 6) is -2.60. The summed E-state index contributed by atoms with van der Waals surface area (Å²) in [6.45, 7) is 9.34. The maximum absolute atomic E-state index is 14.0. The van der Waals surface area contributed by atoms with Crippen molar-refractivity contribution in [1.29, 1.82) is 0 Å². The van der Waals surface area contributed by atoms with E-state index in [1.807, 2.05) is 4.72 Å². The third-order valence-corrected chi connectivity index (χ3v) is 6.48. The summed E-state index contributed by atoms with van der Waals surface area (Å²) in [7, 11) is 1.84. The zero-order chi connectivity index (χ0) is 28.8. The predicted molar refractivity (Wildman–Crippen MR) is 130 cm³/mol. The summed E-state index contributed by atoms with van der Waals surface area (Å²) in [6.07, 6.45) is -6.37. The molecule has 210 valence electrons. The van der Waals surface area contributed by atoms with Gasteiger partial charge in [0.2, 0.25) is 0 Å². The topological polar surface area (TPSA) is 139 Å². The Hall–Kier alpha value is -2.58. The van der Waals surface area contributed by atoms with E-state index in [0.717, 1.165) is 14.2 Å². The van der Waals surface area contributed by atoms with Gasteiger partial charge >= 0.3 is 24.2 Å². The van der Waals surface area contributed by atoms with Gasteiger partial charge in [-0.1, -0.05) is 0 Å². The average molecular weight is 554 g/mol. The molecule has 37 heavy (non-hydrogen) atoms. The molecule has 1 aromatic heterocycles. The Bertz CT molecular complexity index is 946. The highest BCUT2D eigenvalue weighted by molar-refractivity contribution is 7.90. The molecule has 0 aliphatic heterocycles. The summed E-state index contributed by atoms with van der Waals surface area (Å²) < 4.78 is 70.2. The molecule has 0 radical (unpaired) electrons. The fraction of sp³-hybridized carbons (Fsp3) is 0.652. The van der Waals surface area contributed by atoms with E-state index in [1.54, 1.807) is 20.8 Å². The molecular formula is C23H34F3N3O7S. The zero-order valence-electron chi connectivity index (χ0n) is 22.1. The summed E-state index contributed by atoms with van der Waals surface area (Å²) in [5.41, 5.74) is -3.13. The highest BCUT2D eigenvalue weighted by atomic mass is 32.2. The van der Waals surface area contributed by atoms with Gasteiger partial charge in [-0.3, -0.25) is 14.9 Å². The highest BCUT2D eigenvalue weighted by Gasteiger charge is 2.56. The first-order chi connectivity index (χ1) is 16.7. The molecule has 0 bridgehead atoms. The van der Waals surface area contributed by atoms with E-state index in [2.05, 4.69) is 10.3 Å². The van der Waals surface area contributed by atoms with Crippen LogP contribution in [0.5, 0.6) is 0 Å². The molecule has 1 unspecified atom stereocenters. The number of rotatable bonds is 9. The SMILES string of the molecule is COC(=O)C(Cc1ccnc(NC(=O)OC(C)(C)C)c1)(C[C@H](N[S+]([O-])C(C)(C)C)C(F)(F)F)C(=O)OC. The average Bonchev–Trinajstić information content (AvgIpc) is 2.74. The van der Waals surface area contributed by atoms with Crippen molar-refractivity contribution in [1.82, 2.24) is 9.71 Å². The number of hydrogen-bond donors (Lipinski definition) is 2. The molecule has 1 aromatic rings. The number of alkyl halides is 3. The van der Waals surface area contributed by atoms with Crippen molar-refractivity contribution in [3.8, 4) is 0 Å². The molecular weight excluding hydrogens is 519 g/mol. The van der Waals surface area contributed by atoms with Gasteiger partial charge in [0, 0.05) is 24.0 Å². The molecule has 10 nitrogen and oxygen atoms in total. The number of carbonyl (C=O) groups is 3. The Morgan fingerprint density at radius 2 is 1.59 bits per heavy atom. The number of carbonyl (C=O) groups excluding carboxylic acids is 3. The van der Waals surface area contributed by atoms with Crippen LogP contribution in [0.25, 0.3) is 0 Å². The largest absolute Gasteiger partial charge is 0.598 e. The summed E-state index contributed by atoms with van der Waals surface area (Å²) in [5, 5.41) is 2.38. The second kappa shape index (κ2) is 12.3. The number of nitrogens with one attached hydrogen (secondary N) is 2. The highest BCUT2D eigenvalue weighted by Crippen LogP contribution is 2.38. The molecule has 14 heteroatoms. The monoisotopic (exact) mass is 553 g/mol. The summed E-state index contributed by atoms with van der Waals surface area (Å²) in [6, 6.07) is 0.0879. The van der Waals surface area contributed by atoms with Crippen molar-refractivity contribution in [3.63, 3.8) is 0 Å². The normalized spacial score (nSPS) is 14.4. The van der Waals surface area contributed by atoms with Gasteiger partial charge in [0.15, 0.2) is 5.41 Å². The van der Waals surface area contributed by atoms with Crippen molar-refractivity contribution in [2.75, 3.05) is 19.5 Å². The molecule has 0 aliphatic rings. The van der Waals surface area contributed by atoms with Crippen LogP contribution in [0.15, 0.2) is 18.3 Å². The lowest BCUT2D eigenvalue weighted by Gasteiger charge is -2.34. The van der Waals surface area contributed by atoms with Crippen LogP contribution < -0.4 is 10.0 Å². The molecule has 0 saturated heterocycles. The molecule has 0 saturated carbocycles. The molecule has 1 amide bonds. The van der Waals surface area contributed by atoms with Crippen molar-refractivity contribution in [3.05, 3.63) is 23.9 Å². The Labute approximate surface area is 217 Å². The Balaban J connectivity index is 3.48. The summed E-state index contributed by atoms with van der Waals surface area (Å²) >= 11 is -2.19. The Morgan fingerprint density at radius 1 is 1.05 bits per heavy atom. The number of anilines is 1. The van der Waals surface area contributed by atoms with E-state index in [0.29, 0.717) is 0 Å². The number of methoxy groups -OCH3 is 2. The second-order valence-electron chi connectivity index (χ2n) is 10.2. The fourth-order valence-electron chi connectivity index (χ4n) is 3.15. The van der Waals surface area contributed by atoms with E-state index >= 15 is 0 Å². The maximum atomic E-state index is 14.0. The number of aromatic nitrogens is 1. The molecule has 1 rings (SSSR count). The Kier molecular flexibility index (Phi) is 10.8. The number of ether oxygens (including phenoxy) is 3. The number of halogens is 3. The molecule has 0 aromatic carbocycles. The lowest BCUT2D eigenvalue weighted by molar-refractivity contribution is -0.180. The van der Waals surface area contributed by atoms with Crippen LogP contribution in [0, 0.1) is 5.41 Å². The van der Waals surface area contributed by atoms with Gasteiger partial charge in [-0.25, -0.2) is 9.78 Å². The zero-order valence-corrected chi connectivity index (χ0v) is 22.9. The first-order valence-corrected chi connectivity index (χ1v) is 12.3. The summed E-state index contributed by atoms with van der Waals surface area (Å²) in [4.78, 5) is 41.9. The second-order valence-corrected chi connectivity index (χ2v) is 12.2. The van der Waals surface area contributed by atoms with Crippen molar-refractivity contribution in [2.24, 2.45) is 5.41 Å². The first-order valence-electron chi connectivity index (χ1n) is 11.1. The first kappa shape index (κ1) is 32.4. The van der Waals surface area contributed by atoms with Gasteiger partial charge < -0.3 is 18.8 Å². The van der Waals surface area contributed by atoms with E-state index in [9.17, 15) is 32.1 Å². The number of nitrogens with zero attached hydrogens (tertiary/aromatic N) is 1. The van der Waals surface area contributed by atoms with Crippen LogP contribution >= 0.6 is 0 Å². The number of pyridine rings is 1. The van der Waals surface area contributed by atoms with Gasteiger partial charge in [-0.05, 0) is 65.7 Å². The third kappa shape index (κ3) is 9.67. The fourth-order valence-corrected chi connectivity index (χ4v) is 3.97. The van der Waals surface area contributed by atoms with Gasteiger partial charge in [-0.15, -0.1) is 4.72 Å². The minimum Gasteiger partial charge on any atom is -0.598 e. The van der Waals surface area contributed by atoms with E-state index in [1.165, 1.54) is 39.1 Å². The van der Waals surface area contributed by atoms with E-state index in [-0.39, 0.29) is 11.4 Å². The smallest absolute Gasteiger partial charge is 0.413 e. The number of hydrogen-bond acceptors (Lipinski definition) is 9. The molecule has 2 atom stereocenters. The lowest BCUT2D eigenvalue weighted by atomic mass is 9.76. The molecule has 1 heterocycles. The maximum Gasteiger partial charge on any atom is 0.413 e.